The van der Waals surface area contributed by atoms with Crippen LogP contribution >= 0.6 is 0 Å². The molecule has 4 rings (SSSR count). The van der Waals surface area contributed by atoms with E-state index in [4.69, 9.17) is 0 Å². The maximum absolute atomic E-state index is 3.89. The van der Waals surface area contributed by atoms with E-state index in [0.29, 0.717) is 0 Å². The summed E-state index contributed by atoms with van der Waals surface area (Å²) in [5.74, 6) is 2.85. The van der Waals surface area contributed by atoms with Crippen molar-refractivity contribution in [3.05, 3.63) is 35.4 Å². The molecule has 1 unspecified atom stereocenters. The highest BCUT2D eigenvalue weighted by Gasteiger charge is 2.41. The third-order valence-corrected chi connectivity index (χ3v) is 4.82. The first kappa shape index (κ1) is 10.1. The molecule has 0 radical (unpaired) electrons. The lowest BCUT2D eigenvalue weighted by molar-refractivity contribution is 0.391. The molecular formula is C16H21N. The Kier molecular flexibility index (Phi) is 2.29. The zero-order valence-electron chi connectivity index (χ0n) is 10.4. The number of hydrogen-bond acceptors (Lipinski definition) is 1. The van der Waals surface area contributed by atoms with Crippen molar-refractivity contribution in [3.8, 4) is 0 Å². The zero-order valence-corrected chi connectivity index (χ0v) is 10.4. The molecule has 1 aromatic rings. The number of fused-ring (bicyclic) bond motifs is 1. The minimum atomic E-state index is 0.797. The topological polar surface area (TPSA) is 12.0 Å². The van der Waals surface area contributed by atoms with E-state index >= 15 is 0 Å². The van der Waals surface area contributed by atoms with Crippen LogP contribution in [0.4, 0.5) is 0 Å². The molecule has 0 aliphatic heterocycles. The van der Waals surface area contributed by atoms with E-state index in [1.807, 2.05) is 0 Å². The van der Waals surface area contributed by atoms with Gasteiger partial charge in [0.25, 0.3) is 0 Å². The van der Waals surface area contributed by atoms with Crippen LogP contribution in [0.1, 0.15) is 42.7 Å². The lowest BCUT2D eigenvalue weighted by atomic mass is 9.77. The summed E-state index contributed by atoms with van der Waals surface area (Å²) in [6.07, 6.45) is 7.22. The second kappa shape index (κ2) is 3.84. The standard InChI is InChI=1S/C16H21N/c1-2-4-15-13(3-1)9-14(15)10-17-16(11-5-6-11)12-7-8-12/h1-4,11-12,14,16-17H,5-10H2. The van der Waals surface area contributed by atoms with Crippen LogP contribution in [0, 0.1) is 11.8 Å². The first-order valence-electron chi connectivity index (χ1n) is 7.23. The highest BCUT2D eigenvalue weighted by molar-refractivity contribution is 5.40. The van der Waals surface area contributed by atoms with Gasteiger partial charge in [-0.15, -0.1) is 0 Å². The Morgan fingerprint density at radius 3 is 2.41 bits per heavy atom. The molecule has 0 spiro atoms. The Bertz CT molecular complexity index is 405. The van der Waals surface area contributed by atoms with Crippen molar-refractivity contribution in [2.24, 2.45) is 11.8 Å². The van der Waals surface area contributed by atoms with Crippen molar-refractivity contribution < 1.29 is 0 Å². The SMILES string of the molecule is c1ccc2c(c1)CC2CNC(C1CC1)C1CC1. The summed E-state index contributed by atoms with van der Waals surface area (Å²) < 4.78 is 0. The second-order valence-corrected chi connectivity index (χ2v) is 6.21. The van der Waals surface area contributed by atoms with Crippen LogP contribution in [-0.2, 0) is 6.42 Å². The van der Waals surface area contributed by atoms with E-state index in [0.717, 1.165) is 23.8 Å². The molecule has 3 aliphatic carbocycles. The average Bonchev–Trinajstić information content (AvgIpc) is 3.16. The quantitative estimate of drug-likeness (QED) is 0.815. The van der Waals surface area contributed by atoms with E-state index in [-0.39, 0.29) is 0 Å². The van der Waals surface area contributed by atoms with Crippen LogP contribution in [-0.4, -0.2) is 12.6 Å². The summed E-state index contributed by atoms with van der Waals surface area (Å²) >= 11 is 0. The van der Waals surface area contributed by atoms with E-state index in [2.05, 4.69) is 29.6 Å². The van der Waals surface area contributed by atoms with E-state index in [1.165, 1.54) is 38.6 Å². The molecule has 0 bridgehead atoms. The molecule has 3 aliphatic rings. The molecule has 0 heterocycles. The van der Waals surface area contributed by atoms with Crippen molar-refractivity contribution in [2.45, 2.75) is 44.1 Å². The molecule has 1 nitrogen and oxygen atoms in total. The molecule has 2 saturated carbocycles. The molecule has 0 amide bonds. The lowest BCUT2D eigenvalue weighted by Gasteiger charge is -2.32. The number of benzene rings is 1. The van der Waals surface area contributed by atoms with Gasteiger partial charge in [0.1, 0.15) is 0 Å². The summed E-state index contributed by atoms with van der Waals surface area (Å²) in [7, 11) is 0. The highest BCUT2D eigenvalue weighted by atomic mass is 15.0. The summed E-state index contributed by atoms with van der Waals surface area (Å²) in [4.78, 5) is 0. The van der Waals surface area contributed by atoms with Gasteiger partial charge in [-0.3, -0.25) is 0 Å². The van der Waals surface area contributed by atoms with Gasteiger partial charge in [-0.05, 0) is 55.1 Å². The molecule has 90 valence electrons. The first-order valence-corrected chi connectivity index (χ1v) is 7.23. The molecule has 0 saturated heterocycles. The van der Waals surface area contributed by atoms with Crippen molar-refractivity contribution in [1.29, 1.82) is 0 Å². The maximum Gasteiger partial charge on any atom is 0.0124 e. The zero-order chi connectivity index (χ0) is 11.2. The van der Waals surface area contributed by atoms with Gasteiger partial charge >= 0.3 is 0 Å². The molecule has 17 heavy (non-hydrogen) atoms. The molecule has 0 aromatic heterocycles. The van der Waals surface area contributed by atoms with Crippen LogP contribution in [0.3, 0.4) is 0 Å². The summed E-state index contributed by atoms with van der Waals surface area (Å²) in [5.41, 5.74) is 3.18. The Labute approximate surface area is 104 Å². The molecule has 1 atom stereocenters. The Balaban J connectivity index is 1.36. The summed E-state index contributed by atoms with van der Waals surface area (Å²) in [6, 6.07) is 9.81. The minimum Gasteiger partial charge on any atom is -0.313 e. The van der Waals surface area contributed by atoms with Crippen molar-refractivity contribution in [1.82, 2.24) is 5.32 Å². The summed E-state index contributed by atoms with van der Waals surface area (Å²) in [6.45, 7) is 1.22. The van der Waals surface area contributed by atoms with Crippen LogP contribution in [0.2, 0.25) is 0 Å². The van der Waals surface area contributed by atoms with Gasteiger partial charge in [-0.1, -0.05) is 24.3 Å². The van der Waals surface area contributed by atoms with Gasteiger partial charge in [-0.2, -0.15) is 0 Å². The van der Waals surface area contributed by atoms with Crippen molar-refractivity contribution in [2.75, 3.05) is 6.54 Å². The maximum atomic E-state index is 3.89. The Morgan fingerprint density at radius 1 is 1.06 bits per heavy atom. The van der Waals surface area contributed by atoms with Crippen LogP contribution in [0.15, 0.2) is 24.3 Å². The van der Waals surface area contributed by atoms with E-state index < -0.39 is 0 Å². The third-order valence-electron chi connectivity index (χ3n) is 4.82. The Hall–Kier alpha value is -0.820. The molecule has 1 aromatic carbocycles. The predicted octanol–water partition coefficient (Wildman–Crippen LogP) is 3.10. The van der Waals surface area contributed by atoms with Gasteiger partial charge in [0.15, 0.2) is 0 Å². The first-order chi connectivity index (χ1) is 8.42. The molecular weight excluding hydrogens is 206 g/mol. The lowest BCUT2D eigenvalue weighted by Crippen LogP contribution is -2.38. The van der Waals surface area contributed by atoms with Crippen LogP contribution in [0.5, 0.6) is 0 Å². The van der Waals surface area contributed by atoms with Crippen molar-refractivity contribution >= 4 is 0 Å². The third kappa shape index (κ3) is 1.91. The van der Waals surface area contributed by atoms with E-state index in [1.54, 1.807) is 11.1 Å². The molecule has 1 heteroatoms. The fourth-order valence-corrected chi connectivity index (χ4v) is 3.45. The van der Waals surface area contributed by atoms with Gasteiger partial charge in [0.05, 0.1) is 0 Å². The highest BCUT2D eigenvalue weighted by Crippen LogP contribution is 2.45. The smallest absolute Gasteiger partial charge is 0.0124 e. The molecule has 2 fully saturated rings. The second-order valence-electron chi connectivity index (χ2n) is 6.21. The van der Waals surface area contributed by atoms with Gasteiger partial charge in [-0.25, -0.2) is 0 Å². The normalized spacial score (nSPS) is 26.8. The fourth-order valence-electron chi connectivity index (χ4n) is 3.45. The molecule has 1 N–H and O–H groups in total. The number of hydrogen-bond donors (Lipinski definition) is 1. The van der Waals surface area contributed by atoms with Crippen LogP contribution in [0.25, 0.3) is 0 Å². The minimum absolute atomic E-state index is 0.797. The van der Waals surface area contributed by atoms with Crippen molar-refractivity contribution in [3.63, 3.8) is 0 Å². The largest absolute Gasteiger partial charge is 0.313 e. The van der Waals surface area contributed by atoms with E-state index in [9.17, 15) is 0 Å². The average molecular weight is 227 g/mol. The van der Waals surface area contributed by atoms with Gasteiger partial charge in [0, 0.05) is 18.5 Å². The Morgan fingerprint density at radius 2 is 1.76 bits per heavy atom. The monoisotopic (exact) mass is 227 g/mol. The predicted molar refractivity (Wildman–Crippen MR) is 70.1 cm³/mol. The van der Waals surface area contributed by atoms with Crippen LogP contribution < -0.4 is 5.32 Å². The van der Waals surface area contributed by atoms with Gasteiger partial charge in [0.2, 0.25) is 0 Å². The number of rotatable bonds is 5. The number of nitrogens with one attached hydrogen (secondary N) is 1. The van der Waals surface area contributed by atoms with Gasteiger partial charge < -0.3 is 5.32 Å². The fraction of sp³-hybridized carbons (Fsp3) is 0.625. The summed E-state index contributed by atoms with van der Waals surface area (Å²) in [5, 5.41) is 3.89.